The van der Waals surface area contributed by atoms with Crippen molar-refractivity contribution in [2.75, 3.05) is 6.54 Å². The molecule has 1 atom stereocenters. The molecule has 4 rings (SSSR count). The minimum absolute atomic E-state index is 0.375. The summed E-state index contributed by atoms with van der Waals surface area (Å²) in [4.78, 5) is 2.41. The van der Waals surface area contributed by atoms with Crippen molar-refractivity contribution in [2.45, 2.75) is 58.3 Å². The molecule has 2 aliphatic rings. The van der Waals surface area contributed by atoms with Crippen LogP contribution in [-0.2, 0) is 26.1 Å². The van der Waals surface area contributed by atoms with Gasteiger partial charge < -0.3 is 9.52 Å². The minimum atomic E-state index is -0.375. The predicted molar refractivity (Wildman–Crippen MR) is 86.7 cm³/mol. The molecule has 0 unspecified atom stereocenters. The van der Waals surface area contributed by atoms with Gasteiger partial charge in [-0.2, -0.15) is 5.10 Å². The first-order valence-corrected chi connectivity index (χ1v) is 8.77. The molecule has 1 N–H and O–H groups in total. The van der Waals surface area contributed by atoms with E-state index in [1.54, 1.807) is 0 Å². The van der Waals surface area contributed by atoms with Crippen molar-refractivity contribution in [1.82, 2.24) is 14.7 Å². The van der Waals surface area contributed by atoms with E-state index in [4.69, 9.17) is 4.42 Å². The molecule has 124 valence electrons. The van der Waals surface area contributed by atoms with Crippen molar-refractivity contribution in [3.63, 3.8) is 0 Å². The third-order valence-electron chi connectivity index (χ3n) is 4.93. The van der Waals surface area contributed by atoms with Crippen LogP contribution in [0.2, 0.25) is 0 Å². The summed E-state index contributed by atoms with van der Waals surface area (Å²) < 4.78 is 7.93. The lowest BCUT2D eigenvalue weighted by Gasteiger charge is -2.17. The van der Waals surface area contributed by atoms with E-state index in [9.17, 15) is 5.11 Å². The topological polar surface area (TPSA) is 54.4 Å². The average molecular weight is 315 g/mol. The molecule has 1 fully saturated rings. The Labute approximate surface area is 136 Å². The van der Waals surface area contributed by atoms with Crippen LogP contribution >= 0.6 is 0 Å². The van der Waals surface area contributed by atoms with E-state index in [0.29, 0.717) is 5.92 Å². The van der Waals surface area contributed by atoms with Gasteiger partial charge in [0.25, 0.3) is 0 Å². The maximum absolute atomic E-state index is 10.3. The van der Waals surface area contributed by atoms with Gasteiger partial charge in [-0.1, -0.05) is 6.92 Å². The Kier molecular flexibility index (Phi) is 3.99. The molecule has 23 heavy (non-hydrogen) atoms. The third-order valence-corrected chi connectivity index (χ3v) is 4.93. The highest BCUT2D eigenvalue weighted by Crippen LogP contribution is 2.40. The summed E-state index contributed by atoms with van der Waals surface area (Å²) in [6, 6.07) is 6.26. The van der Waals surface area contributed by atoms with Crippen LogP contribution in [0.4, 0.5) is 0 Å². The van der Waals surface area contributed by atoms with Crippen molar-refractivity contribution in [3.8, 4) is 0 Å². The van der Waals surface area contributed by atoms with Crippen LogP contribution in [0.5, 0.6) is 0 Å². The summed E-state index contributed by atoms with van der Waals surface area (Å²) in [7, 11) is 0. The van der Waals surface area contributed by atoms with Gasteiger partial charge in [-0.05, 0) is 43.4 Å². The number of nitrogens with zero attached hydrogens (tertiary/aromatic N) is 3. The summed E-state index contributed by atoms with van der Waals surface area (Å²) >= 11 is 0. The van der Waals surface area contributed by atoms with Crippen molar-refractivity contribution >= 4 is 0 Å². The van der Waals surface area contributed by atoms with Gasteiger partial charge in [0.15, 0.2) is 0 Å². The SMILES string of the molecule is CCc1ccc(CN2CCCn3nc([C@H](O)C4CC4)cc3C2)o1. The van der Waals surface area contributed by atoms with Crippen molar-refractivity contribution < 1.29 is 9.52 Å². The van der Waals surface area contributed by atoms with E-state index in [1.807, 2.05) is 0 Å². The molecular weight excluding hydrogens is 290 g/mol. The molecule has 3 heterocycles. The Bertz CT molecular complexity index is 672. The Balaban J connectivity index is 1.47. The lowest BCUT2D eigenvalue weighted by molar-refractivity contribution is 0.148. The Morgan fingerprint density at radius 2 is 2.13 bits per heavy atom. The number of hydrogen-bond acceptors (Lipinski definition) is 4. The van der Waals surface area contributed by atoms with Gasteiger partial charge in [0, 0.05) is 26.1 Å². The number of fused-ring (bicyclic) bond motifs is 1. The van der Waals surface area contributed by atoms with E-state index in [1.165, 1.54) is 5.69 Å². The zero-order valence-corrected chi connectivity index (χ0v) is 13.7. The fraction of sp³-hybridized carbons (Fsp3) is 0.611. The van der Waals surface area contributed by atoms with E-state index >= 15 is 0 Å². The lowest BCUT2D eigenvalue weighted by atomic mass is 10.1. The number of hydrogen-bond donors (Lipinski definition) is 1. The van der Waals surface area contributed by atoms with Crippen LogP contribution in [0.15, 0.2) is 22.6 Å². The Morgan fingerprint density at radius 1 is 1.30 bits per heavy atom. The van der Waals surface area contributed by atoms with E-state index in [2.05, 4.69) is 39.8 Å². The monoisotopic (exact) mass is 315 g/mol. The van der Waals surface area contributed by atoms with E-state index in [-0.39, 0.29) is 6.10 Å². The molecule has 2 aromatic heterocycles. The second kappa shape index (κ2) is 6.13. The van der Waals surface area contributed by atoms with Gasteiger partial charge in [0.05, 0.1) is 17.9 Å². The van der Waals surface area contributed by atoms with Crippen molar-refractivity contribution in [1.29, 1.82) is 0 Å². The van der Waals surface area contributed by atoms with Crippen molar-refractivity contribution in [3.05, 3.63) is 41.1 Å². The molecule has 0 spiro atoms. The van der Waals surface area contributed by atoms with Gasteiger partial charge in [0.2, 0.25) is 0 Å². The fourth-order valence-electron chi connectivity index (χ4n) is 3.40. The Hall–Kier alpha value is -1.59. The molecule has 1 aliphatic heterocycles. The summed E-state index contributed by atoms with van der Waals surface area (Å²) in [6.45, 7) is 5.80. The fourth-order valence-corrected chi connectivity index (χ4v) is 3.40. The van der Waals surface area contributed by atoms with Crippen LogP contribution in [0.3, 0.4) is 0 Å². The highest BCUT2D eigenvalue weighted by Gasteiger charge is 2.33. The highest BCUT2D eigenvalue weighted by molar-refractivity contribution is 5.16. The molecule has 5 heteroatoms. The van der Waals surface area contributed by atoms with E-state index < -0.39 is 0 Å². The first-order chi connectivity index (χ1) is 11.2. The predicted octanol–water partition coefficient (Wildman–Crippen LogP) is 2.89. The van der Waals surface area contributed by atoms with Gasteiger partial charge in [0.1, 0.15) is 17.6 Å². The first-order valence-electron chi connectivity index (χ1n) is 8.77. The summed E-state index contributed by atoms with van der Waals surface area (Å²) in [5.74, 6) is 2.52. The summed E-state index contributed by atoms with van der Waals surface area (Å²) in [5, 5.41) is 15.0. The molecular formula is C18H25N3O2. The molecule has 2 aromatic rings. The second-order valence-electron chi connectivity index (χ2n) is 6.85. The van der Waals surface area contributed by atoms with Gasteiger partial charge in [-0.3, -0.25) is 9.58 Å². The third kappa shape index (κ3) is 3.21. The maximum Gasteiger partial charge on any atom is 0.118 e. The smallest absolute Gasteiger partial charge is 0.118 e. The van der Waals surface area contributed by atoms with Crippen LogP contribution < -0.4 is 0 Å². The van der Waals surface area contributed by atoms with Gasteiger partial charge >= 0.3 is 0 Å². The summed E-state index contributed by atoms with van der Waals surface area (Å²) in [5.41, 5.74) is 2.06. The molecule has 0 aromatic carbocycles. The number of aliphatic hydroxyl groups excluding tert-OH is 1. The van der Waals surface area contributed by atoms with Crippen molar-refractivity contribution in [2.24, 2.45) is 5.92 Å². The number of aryl methyl sites for hydroxylation is 2. The normalized spacial score (nSPS) is 20.3. The molecule has 5 nitrogen and oxygen atoms in total. The van der Waals surface area contributed by atoms with Crippen LogP contribution in [0.1, 0.15) is 55.2 Å². The average Bonchev–Trinajstić information content (AvgIpc) is 3.23. The second-order valence-corrected chi connectivity index (χ2v) is 6.85. The highest BCUT2D eigenvalue weighted by atomic mass is 16.3. The first kappa shape index (κ1) is 15.0. The molecule has 0 bridgehead atoms. The maximum atomic E-state index is 10.3. The number of aromatic nitrogens is 2. The minimum Gasteiger partial charge on any atom is -0.465 e. The Morgan fingerprint density at radius 3 is 2.87 bits per heavy atom. The van der Waals surface area contributed by atoms with E-state index in [0.717, 1.165) is 69.1 Å². The van der Waals surface area contributed by atoms with Gasteiger partial charge in [-0.15, -0.1) is 0 Å². The largest absolute Gasteiger partial charge is 0.465 e. The summed E-state index contributed by atoms with van der Waals surface area (Å²) in [6.07, 6.45) is 3.91. The van der Waals surface area contributed by atoms with Crippen LogP contribution in [-0.4, -0.2) is 26.3 Å². The van der Waals surface area contributed by atoms with Gasteiger partial charge in [-0.25, -0.2) is 0 Å². The molecule has 0 saturated heterocycles. The van der Waals surface area contributed by atoms with Crippen LogP contribution in [0.25, 0.3) is 0 Å². The van der Waals surface area contributed by atoms with Crippen LogP contribution in [0, 0.1) is 5.92 Å². The zero-order valence-electron chi connectivity index (χ0n) is 13.7. The number of aliphatic hydroxyl groups is 1. The number of furan rings is 1. The lowest BCUT2D eigenvalue weighted by Crippen LogP contribution is -2.22. The zero-order chi connectivity index (χ0) is 15.8. The molecule has 0 radical (unpaired) electrons. The molecule has 1 saturated carbocycles. The quantitative estimate of drug-likeness (QED) is 0.922. The standard InChI is InChI=1S/C18H25N3O2/c1-2-15-6-7-16(23-15)12-20-8-3-9-21-14(11-20)10-17(19-21)18(22)13-4-5-13/h6-7,10,13,18,22H,2-5,8-9,11-12H2,1H3/t18-/m1/s1. The molecule has 0 amide bonds. The molecule has 1 aliphatic carbocycles. The number of rotatable bonds is 5.